The second-order valence-electron chi connectivity index (χ2n) is 13.6. The van der Waals surface area contributed by atoms with E-state index in [2.05, 4.69) is 132 Å². The van der Waals surface area contributed by atoms with Gasteiger partial charge in [0.1, 0.15) is 5.75 Å². The van der Waals surface area contributed by atoms with E-state index in [4.69, 9.17) is 0 Å². The number of phenols is 1. The number of hydrogen-bond acceptors (Lipinski definition) is 3. The number of carbonyl (C=O) groups is 1. The van der Waals surface area contributed by atoms with Gasteiger partial charge in [-0.05, 0) is 123 Å². The third-order valence-corrected chi connectivity index (χ3v) is 10.3. The van der Waals surface area contributed by atoms with Gasteiger partial charge >= 0.3 is 0 Å². The van der Waals surface area contributed by atoms with Crippen LogP contribution >= 0.6 is 0 Å². The van der Waals surface area contributed by atoms with Crippen molar-refractivity contribution in [1.29, 1.82) is 0 Å². The molecular formula is C48H36N2O2. The molecule has 1 amide bonds. The summed E-state index contributed by atoms with van der Waals surface area (Å²) in [6.07, 6.45) is 1.76. The van der Waals surface area contributed by atoms with Gasteiger partial charge in [0.15, 0.2) is 0 Å². The van der Waals surface area contributed by atoms with Gasteiger partial charge in [0, 0.05) is 22.4 Å². The van der Waals surface area contributed by atoms with Crippen molar-refractivity contribution in [1.82, 2.24) is 0 Å². The minimum atomic E-state index is -0.335. The van der Waals surface area contributed by atoms with E-state index in [1.54, 1.807) is 12.1 Å². The minimum Gasteiger partial charge on any atom is -0.507 e. The van der Waals surface area contributed by atoms with Crippen molar-refractivity contribution in [2.45, 2.75) is 19.8 Å². The number of anilines is 4. The second kappa shape index (κ2) is 12.9. The van der Waals surface area contributed by atoms with E-state index in [1.807, 2.05) is 36.4 Å². The van der Waals surface area contributed by atoms with E-state index in [-0.39, 0.29) is 17.2 Å². The van der Waals surface area contributed by atoms with Crippen LogP contribution in [0.3, 0.4) is 0 Å². The van der Waals surface area contributed by atoms with Crippen LogP contribution in [0, 0.1) is 6.92 Å². The van der Waals surface area contributed by atoms with Crippen LogP contribution in [0.1, 0.15) is 27.0 Å². The summed E-state index contributed by atoms with van der Waals surface area (Å²) in [5.74, 6) is -0.366. The Labute approximate surface area is 302 Å². The summed E-state index contributed by atoms with van der Waals surface area (Å²) in [4.78, 5) is 15.4. The molecule has 0 aliphatic heterocycles. The van der Waals surface area contributed by atoms with E-state index in [9.17, 15) is 9.90 Å². The highest BCUT2D eigenvalue weighted by atomic mass is 16.3. The maximum Gasteiger partial charge on any atom is 0.259 e. The third kappa shape index (κ3) is 5.74. The zero-order chi connectivity index (χ0) is 35.2. The van der Waals surface area contributed by atoms with Crippen LogP contribution in [-0.2, 0) is 12.8 Å². The molecule has 0 bridgehead atoms. The second-order valence-corrected chi connectivity index (χ2v) is 13.6. The lowest BCUT2D eigenvalue weighted by atomic mass is 9.93. The molecule has 250 valence electrons. The van der Waals surface area contributed by atoms with Crippen LogP contribution in [0.4, 0.5) is 22.7 Å². The Balaban J connectivity index is 0.951. The number of nitrogens with zero attached hydrogens (tertiary/aromatic N) is 1. The summed E-state index contributed by atoms with van der Waals surface area (Å²) >= 11 is 0. The van der Waals surface area contributed by atoms with Gasteiger partial charge in [-0.15, -0.1) is 0 Å². The number of phenolic OH excluding ortho intramolecular Hbond substituents is 1. The molecule has 0 aliphatic rings. The summed E-state index contributed by atoms with van der Waals surface area (Å²) in [6, 6.07) is 56.7. The molecule has 4 nitrogen and oxygen atoms in total. The molecule has 0 atom stereocenters. The number of rotatable bonds is 8. The average molecular weight is 673 g/mol. The maximum atomic E-state index is 13.0. The monoisotopic (exact) mass is 672 g/mol. The Morgan fingerprint density at radius 3 is 1.77 bits per heavy atom. The normalized spacial score (nSPS) is 11.5. The van der Waals surface area contributed by atoms with Crippen molar-refractivity contribution >= 4 is 71.7 Å². The van der Waals surface area contributed by atoms with Crippen LogP contribution in [0.15, 0.2) is 164 Å². The van der Waals surface area contributed by atoms with Crippen molar-refractivity contribution in [3.8, 4) is 5.75 Å². The summed E-state index contributed by atoms with van der Waals surface area (Å²) in [7, 11) is 0. The summed E-state index contributed by atoms with van der Waals surface area (Å²) in [5.41, 5.74) is 8.01. The molecule has 9 aromatic carbocycles. The first kappa shape index (κ1) is 31.3. The van der Waals surface area contributed by atoms with E-state index in [1.165, 1.54) is 49.0 Å². The first-order valence-electron chi connectivity index (χ1n) is 17.7. The van der Waals surface area contributed by atoms with E-state index >= 15 is 0 Å². The summed E-state index contributed by atoms with van der Waals surface area (Å²) in [6.45, 7) is 2.13. The molecule has 9 rings (SSSR count). The van der Waals surface area contributed by atoms with Gasteiger partial charge in [0.25, 0.3) is 5.91 Å². The minimum absolute atomic E-state index is 0.0308. The summed E-state index contributed by atoms with van der Waals surface area (Å²) in [5, 5.41) is 22.9. The van der Waals surface area contributed by atoms with Gasteiger partial charge in [-0.2, -0.15) is 0 Å². The van der Waals surface area contributed by atoms with Crippen molar-refractivity contribution in [3.05, 3.63) is 186 Å². The van der Waals surface area contributed by atoms with Crippen LogP contribution in [0.2, 0.25) is 0 Å². The quantitative estimate of drug-likeness (QED) is 0.158. The molecule has 4 heteroatoms. The van der Waals surface area contributed by atoms with Gasteiger partial charge in [0.2, 0.25) is 0 Å². The Kier molecular flexibility index (Phi) is 7.78. The van der Waals surface area contributed by atoms with E-state index < -0.39 is 0 Å². The Morgan fingerprint density at radius 1 is 0.558 bits per heavy atom. The van der Waals surface area contributed by atoms with Crippen molar-refractivity contribution in [3.63, 3.8) is 0 Å². The number of benzene rings is 9. The van der Waals surface area contributed by atoms with Crippen LogP contribution < -0.4 is 10.2 Å². The molecule has 0 radical (unpaired) electrons. The first-order chi connectivity index (χ1) is 25.5. The molecule has 2 N–H and O–H groups in total. The fourth-order valence-corrected chi connectivity index (χ4v) is 7.50. The molecule has 0 heterocycles. The molecule has 0 spiro atoms. The molecule has 9 aromatic rings. The molecular weight excluding hydrogens is 637 g/mol. The third-order valence-electron chi connectivity index (χ3n) is 10.3. The maximum absolute atomic E-state index is 13.0. The smallest absolute Gasteiger partial charge is 0.259 e. The SMILES string of the molecule is Cc1ccc(N(c2ccc(CCc3ccc(NC(=O)c4cc5ccccc5cc4O)cc3)cc2)c2ccc3ccc4cccc5ccc2c3c45)cc1. The summed E-state index contributed by atoms with van der Waals surface area (Å²) < 4.78 is 0. The molecule has 52 heavy (non-hydrogen) atoms. The number of amides is 1. The fraction of sp³-hybridized carbons (Fsp3) is 0.0625. The first-order valence-corrected chi connectivity index (χ1v) is 17.7. The number of aryl methyl sites for hydroxylation is 3. The van der Waals surface area contributed by atoms with E-state index in [0.29, 0.717) is 5.69 Å². The number of fused-ring (bicyclic) bond motifs is 1. The molecule has 0 fully saturated rings. The molecule has 0 unspecified atom stereocenters. The Hall–Kier alpha value is -6.65. The number of aromatic hydroxyl groups is 1. The highest BCUT2D eigenvalue weighted by Crippen LogP contribution is 2.43. The molecule has 0 saturated heterocycles. The highest BCUT2D eigenvalue weighted by Gasteiger charge is 2.18. The lowest BCUT2D eigenvalue weighted by molar-refractivity contribution is 0.102. The lowest BCUT2D eigenvalue weighted by Gasteiger charge is -2.28. The van der Waals surface area contributed by atoms with Crippen LogP contribution in [0.25, 0.3) is 43.1 Å². The van der Waals surface area contributed by atoms with Gasteiger partial charge in [-0.3, -0.25) is 4.79 Å². The number of carbonyl (C=O) groups excluding carboxylic acids is 1. The lowest BCUT2D eigenvalue weighted by Crippen LogP contribution is -2.12. The number of nitrogens with one attached hydrogen (secondary N) is 1. The fourth-order valence-electron chi connectivity index (χ4n) is 7.50. The predicted molar refractivity (Wildman–Crippen MR) is 217 cm³/mol. The predicted octanol–water partition coefficient (Wildman–Crippen LogP) is 12.3. The highest BCUT2D eigenvalue weighted by molar-refractivity contribution is 6.25. The topological polar surface area (TPSA) is 52.6 Å². The largest absolute Gasteiger partial charge is 0.507 e. The number of hydrogen-bond donors (Lipinski definition) is 2. The van der Waals surface area contributed by atoms with Gasteiger partial charge in [-0.25, -0.2) is 0 Å². The van der Waals surface area contributed by atoms with Gasteiger partial charge in [0.05, 0.1) is 11.3 Å². The van der Waals surface area contributed by atoms with Crippen LogP contribution in [-0.4, -0.2) is 11.0 Å². The van der Waals surface area contributed by atoms with Crippen LogP contribution in [0.5, 0.6) is 5.75 Å². The van der Waals surface area contributed by atoms with Gasteiger partial charge < -0.3 is 15.3 Å². The van der Waals surface area contributed by atoms with Crippen molar-refractivity contribution in [2.75, 3.05) is 10.2 Å². The zero-order valence-corrected chi connectivity index (χ0v) is 28.8. The van der Waals surface area contributed by atoms with Gasteiger partial charge in [-0.1, -0.05) is 115 Å². The van der Waals surface area contributed by atoms with E-state index in [0.717, 1.165) is 40.7 Å². The molecule has 0 saturated carbocycles. The zero-order valence-electron chi connectivity index (χ0n) is 28.8. The van der Waals surface area contributed by atoms with Crippen molar-refractivity contribution < 1.29 is 9.90 Å². The molecule has 0 aliphatic carbocycles. The Morgan fingerprint density at radius 2 is 1.10 bits per heavy atom. The standard InChI is InChI=1S/C48H36N2O2/c1-31-9-23-40(24-10-31)50(44-28-20-36-18-17-34-7-4-8-35-19-27-42(44)47(36)46(34)35)41-25-15-33(16-26-41)12-11-32-13-21-39(22-14-32)49-48(52)43-29-37-5-2-3-6-38(37)30-45(43)51/h2-10,13-30,51H,11-12H2,1H3,(H,49,52). The molecule has 0 aromatic heterocycles. The van der Waals surface area contributed by atoms with Crippen molar-refractivity contribution in [2.24, 2.45) is 0 Å². The Bertz CT molecular complexity index is 2720. The average Bonchev–Trinajstić information content (AvgIpc) is 3.18.